The second-order valence-electron chi connectivity index (χ2n) is 3.26. The van der Waals surface area contributed by atoms with Crippen molar-refractivity contribution in [2.24, 2.45) is 0 Å². The number of hydrogen-bond acceptors (Lipinski definition) is 2. The fourth-order valence-electron chi connectivity index (χ4n) is 1.04. The van der Waals surface area contributed by atoms with Gasteiger partial charge in [-0.2, -0.15) is 0 Å². The van der Waals surface area contributed by atoms with E-state index in [1.165, 1.54) is 0 Å². The highest BCUT2D eigenvalue weighted by atomic mass is 79.9. The molecule has 0 aliphatic heterocycles. The summed E-state index contributed by atoms with van der Waals surface area (Å²) in [6.45, 7) is 4.18. The average Bonchev–Trinajstić information content (AvgIpc) is 2.20. The Morgan fingerprint density at radius 2 is 2.21 bits per heavy atom. The van der Waals surface area contributed by atoms with Crippen LogP contribution >= 0.6 is 15.9 Å². The quantitative estimate of drug-likeness (QED) is 0.900. The van der Waals surface area contributed by atoms with Crippen LogP contribution in [0.1, 0.15) is 25.8 Å². The molecule has 1 unspecified atom stereocenters. The summed E-state index contributed by atoms with van der Waals surface area (Å²) in [7, 11) is 0. The van der Waals surface area contributed by atoms with E-state index in [-0.39, 0.29) is 12.7 Å². The van der Waals surface area contributed by atoms with Gasteiger partial charge in [-0.3, -0.25) is 0 Å². The summed E-state index contributed by atoms with van der Waals surface area (Å²) in [6.07, 6.45) is 1.19. The van der Waals surface area contributed by atoms with E-state index in [4.69, 9.17) is 9.84 Å². The van der Waals surface area contributed by atoms with Crippen molar-refractivity contribution in [2.45, 2.75) is 33.0 Å². The monoisotopic (exact) mass is 258 g/mol. The Morgan fingerprint density at radius 3 is 2.71 bits per heavy atom. The highest BCUT2D eigenvalue weighted by molar-refractivity contribution is 9.10. The number of rotatable bonds is 4. The standard InChI is InChI=1S/C11H15BrO2/c1-3-8(2)14-11-5-4-9(7-13)6-10(11)12/h4-6,8,13H,3,7H2,1-2H3. The predicted octanol–water partition coefficient (Wildman–Crippen LogP) is 3.12. The van der Waals surface area contributed by atoms with Crippen molar-refractivity contribution < 1.29 is 9.84 Å². The van der Waals surface area contributed by atoms with E-state index in [9.17, 15) is 0 Å². The molecule has 14 heavy (non-hydrogen) atoms. The van der Waals surface area contributed by atoms with E-state index in [0.717, 1.165) is 22.2 Å². The third-order valence-corrected chi connectivity index (χ3v) is 2.70. The summed E-state index contributed by atoms with van der Waals surface area (Å²) < 4.78 is 6.56. The second-order valence-corrected chi connectivity index (χ2v) is 4.11. The summed E-state index contributed by atoms with van der Waals surface area (Å²) in [5, 5.41) is 8.92. The predicted molar refractivity (Wildman–Crippen MR) is 60.4 cm³/mol. The van der Waals surface area contributed by atoms with Gasteiger partial charge in [0.1, 0.15) is 5.75 Å². The van der Waals surface area contributed by atoms with Gasteiger partial charge in [0.05, 0.1) is 17.2 Å². The zero-order valence-electron chi connectivity index (χ0n) is 8.46. The van der Waals surface area contributed by atoms with Gasteiger partial charge < -0.3 is 9.84 Å². The lowest BCUT2D eigenvalue weighted by molar-refractivity contribution is 0.215. The maximum Gasteiger partial charge on any atom is 0.133 e. The largest absolute Gasteiger partial charge is 0.490 e. The Balaban J connectivity index is 2.78. The summed E-state index contributed by atoms with van der Waals surface area (Å²) in [4.78, 5) is 0. The lowest BCUT2D eigenvalue weighted by Gasteiger charge is -2.14. The van der Waals surface area contributed by atoms with Crippen molar-refractivity contribution in [3.63, 3.8) is 0 Å². The minimum atomic E-state index is 0.0577. The summed E-state index contributed by atoms with van der Waals surface area (Å²) >= 11 is 3.41. The van der Waals surface area contributed by atoms with Gasteiger partial charge in [0.15, 0.2) is 0 Å². The average molecular weight is 259 g/mol. The normalized spacial score (nSPS) is 12.6. The van der Waals surface area contributed by atoms with Gasteiger partial charge in [-0.1, -0.05) is 13.0 Å². The van der Waals surface area contributed by atoms with Crippen LogP contribution in [0.2, 0.25) is 0 Å². The molecule has 2 nitrogen and oxygen atoms in total. The smallest absolute Gasteiger partial charge is 0.133 e. The molecule has 1 rings (SSSR count). The van der Waals surface area contributed by atoms with E-state index >= 15 is 0 Å². The topological polar surface area (TPSA) is 29.5 Å². The Hall–Kier alpha value is -0.540. The third kappa shape index (κ3) is 3.00. The molecule has 0 aliphatic carbocycles. The van der Waals surface area contributed by atoms with Crippen molar-refractivity contribution in [2.75, 3.05) is 0 Å². The van der Waals surface area contributed by atoms with Gasteiger partial charge in [0.2, 0.25) is 0 Å². The van der Waals surface area contributed by atoms with Gasteiger partial charge in [0, 0.05) is 0 Å². The van der Waals surface area contributed by atoms with Crippen LogP contribution in [-0.4, -0.2) is 11.2 Å². The minimum Gasteiger partial charge on any atom is -0.490 e. The van der Waals surface area contributed by atoms with Crippen LogP contribution in [0.15, 0.2) is 22.7 Å². The molecule has 1 atom stereocenters. The molecule has 0 saturated heterocycles. The molecule has 0 saturated carbocycles. The van der Waals surface area contributed by atoms with Crippen molar-refractivity contribution in [3.05, 3.63) is 28.2 Å². The number of benzene rings is 1. The first-order valence-electron chi connectivity index (χ1n) is 4.73. The molecule has 0 aromatic heterocycles. The Kier molecular flexibility index (Phi) is 4.42. The Bertz CT molecular complexity index is 299. The third-order valence-electron chi connectivity index (χ3n) is 2.08. The first-order valence-corrected chi connectivity index (χ1v) is 5.52. The van der Waals surface area contributed by atoms with Crippen LogP contribution in [-0.2, 0) is 6.61 Å². The van der Waals surface area contributed by atoms with Crippen LogP contribution < -0.4 is 4.74 Å². The van der Waals surface area contributed by atoms with Crippen molar-refractivity contribution in [3.8, 4) is 5.75 Å². The number of aliphatic hydroxyl groups is 1. The first kappa shape index (κ1) is 11.5. The Labute approximate surface area is 93.0 Å². The molecule has 0 fully saturated rings. The maximum absolute atomic E-state index is 8.92. The molecular weight excluding hydrogens is 244 g/mol. The zero-order valence-corrected chi connectivity index (χ0v) is 10.0. The van der Waals surface area contributed by atoms with Crippen LogP contribution in [0, 0.1) is 0 Å². The second kappa shape index (κ2) is 5.37. The van der Waals surface area contributed by atoms with Gasteiger partial charge in [-0.05, 0) is 47.0 Å². The lowest BCUT2D eigenvalue weighted by atomic mass is 10.2. The highest BCUT2D eigenvalue weighted by Crippen LogP contribution is 2.27. The van der Waals surface area contributed by atoms with Gasteiger partial charge in [-0.25, -0.2) is 0 Å². The molecule has 3 heteroatoms. The van der Waals surface area contributed by atoms with E-state index in [1.54, 1.807) is 0 Å². The molecule has 78 valence electrons. The number of hydrogen-bond donors (Lipinski definition) is 1. The number of aliphatic hydroxyl groups excluding tert-OH is 1. The summed E-state index contributed by atoms with van der Waals surface area (Å²) in [5.74, 6) is 0.830. The van der Waals surface area contributed by atoms with Gasteiger partial charge in [-0.15, -0.1) is 0 Å². The molecule has 0 spiro atoms. The van der Waals surface area contributed by atoms with Crippen LogP contribution in [0.25, 0.3) is 0 Å². The molecule has 1 aromatic carbocycles. The highest BCUT2D eigenvalue weighted by Gasteiger charge is 2.05. The fourth-order valence-corrected chi connectivity index (χ4v) is 1.56. The molecule has 0 heterocycles. The molecule has 0 aliphatic rings. The summed E-state index contributed by atoms with van der Waals surface area (Å²) in [5.41, 5.74) is 0.883. The van der Waals surface area contributed by atoms with Crippen LogP contribution in [0.4, 0.5) is 0 Å². The molecule has 0 amide bonds. The van der Waals surface area contributed by atoms with Crippen molar-refractivity contribution >= 4 is 15.9 Å². The lowest BCUT2D eigenvalue weighted by Crippen LogP contribution is -2.10. The van der Waals surface area contributed by atoms with Crippen LogP contribution in [0.3, 0.4) is 0 Å². The van der Waals surface area contributed by atoms with Gasteiger partial charge in [0.25, 0.3) is 0 Å². The molecule has 0 radical (unpaired) electrons. The van der Waals surface area contributed by atoms with E-state index < -0.39 is 0 Å². The van der Waals surface area contributed by atoms with E-state index in [1.807, 2.05) is 25.1 Å². The number of halogens is 1. The maximum atomic E-state index is 8.92. The molecule has 1 N–H and O–H groups in total. The first-order chi connectivity index (χ1) is 6.67. The molecule has 1 aromatic rings. The van der Waals surface area contributed by atoms with Crippen LogP contribution in [0.5, 0.6) is 5.75 Å². The Morgan fingerprint density at radius 1 is 1.50 bits per heavy atom. The zero-order chi connectivity index (χ0) is 10.6. The summed E-state index contributed by atoms with van der Waals surface area (Å²) in [6, 6.07) is 5.61. The van der Waals surface area contributed by atoms with E-state index in [0.29, 0.717) is 0 Å². The molecule has 0 bridgehead atoms. The van der Waals surface area contributed by atoms with Gasteiger partial charge >= 0.3 is 0 Å². The SMILES string of the molecule is CCC(C)Oc1ccc(CO)cc1Br. The number of ether oxygens (including phenoxy) is 1. The van der Waals surface area contributed by atoms with E-state index in [2.05, 4.69) is 22.9 Å². The van der Waals surface area contributed by atoms with Crippen molar-refractivity contribution in [1.29, 1.82) is 0 Å². The fraction of sp³-hybridized carbons (Fsp3) is 0.455. The minimum absolute atomic E-state index is 0.0577. The molecular formula is C11H15BrO2. The van der Waals surface area contributed by atoms with Crippen molar-refractivity contribution in [1.82, 2.24) is 0 Å².